The molecule has 0 aliphatic heterocycles. The maximum absolute atomic E-state index is 13.2. The molecule has 5 aliphatic carbocycles. The summed E-state index contributed by atoms with van der Waals surface area (Å²) < 4.78 is 24.8. The lowest BCUT2D eigenvalue weighted by molar-refractivity contribution is -0.210. The van der Waals surface area contributed by atoms with E-state index >= 15 is 0 Å². The minimum atomic E-state index is -3.27. The SMILES string of the molecule is CC1C(c2ccc(C(=O)O)cc2)=CCC2(C)C1CCC1(C)C2CCC2C3CCCC3(NC(=O)NCCN(C)S(C)(=O)=O)CC[C@]21C. The molecule has 2 amide bonds. The number of nitrogens with zero attached hydrogens (tertiary/aromatic N) is 1. The van der Waals surface area contributed by atoms with E-state index < -0.39 is 16.0 Å². The Balaban J connectivity index is 1.19. The third-order valence-electron chi connectivity index (χ3n) is 14.7. The summed E-state index contributed by atoms with van der Waals surface area (Å²) in [6.07, 6.45) is 15.1. The van der Waals surface area contributed by atoms with Crippen LogP contribution < -0.4 is 10.6 Å². The Bertz CT molecular complexity index is 1510. The molecule has 0 bridgehead atoms. The molecule has 4 fully saturated rings. The molecule has 1 aromatic carbocycles. The van der Waals surface area contributed by atoms with Crippen molar-refractivity contribution in [2.75, 3.05) is 26.4 Å². The molecule has 5 aliphatic rings. The number of carbonyl (C=O) groups excluding carboxylic acids is 1. The normalized spacial score (nSPS) is 40.2. The van der Waals surface area contributed by atoms with Gasteiger partial charge in [0.05, 0.1) is 11.8 Å². The fourth-order valence-corrected chi connectivity index (χ4v) is 12.4. The van der Waals surface area contributed by atoms with E-state index in [9.17, 15) is 23.1 Å². The second-order valence-corrected chi connectivity index (χ2v) is 18.5. The fourth-order valence-electron chi connectivity index (χ4n) is 12.0. The molecular formula is C37H55N3O5S. The number of carboxylic acids is 1. The van der Waals surface area contributed by atoms with Crippen LogP contribution in [0.25, 0.3) is 5.57 Å². The maximum atomic E-state index is 13.2. The van der Waals surface area contributed by atoms with Gasteiger partial charge in [-0.2, -0.15) is 0 Å². The second-order valence-electron chi connectivity index (χ2n) is 16.4. The minimum Gasteiger partial charge on any atom is -0.478 e. The van der Waals surface area contributed by atoms with Crippen LogP contribution in [0, 0.1) is 45.8 Å². The first-order valence-electron chi connectivity index (χ1n) is 17.6. The molecule has 3 N–H and O–H groups in total. The number of fused-ring (bicyclic) bond motifs is 7. The van der Waals surface area contributed by atoms with E-state index in [4.69, 9.17) is 0 Å². The molecule has 0 radical (unpaired) electrons. The first-order chi connectivity index (χ1) is 21.6. The molecule has 254 valence electrons. The van der Waals surface area contributed by atoms with Crippen LogP contribution >= 0.6 is 0 Å². The average Bonchev–Trinajstić information content (AvgIpc) is 3.40. The summed E-state index contributed by atoms with van der Waals surface area (Å²) in [6, 6.07) is 7.29. The van der Waals surface area contributed by atoms with Crippen molar-refractivity contribution in [3.05, 3.63) is 41.5 Å². The van der Waals surface area contributed by atoms with E-state index in [1.54, 1.807) is 12.1 Å². The van der Waals surface area contributed by atoms with Crippen molar-refractivity contribution < 1.29 is 23.1 Å². The highest BCUT2D eigenvalue weighted by atomic mass is 32.2. The summed E-state index contributed by atoms with van der Waals surface area (Å²) in [6.45, 7) is 10.8. The molecule has 1 aromatic rings. The molecule has 4 saturated carbocycles. The van der Waals surface area contributed by atoms with Crippen LogP contribution in [0.4, 0.5) is 4.79 Å². The van der Waals surface area contributed by atoms with Crippen LogP contribution in [0.1, 0.15) is 108 Å². The number of likely N-dealkylation sites (N-methyl/N-ethyl adjacent to an activating group) is 1. The first kappa shape index (κ1) is 33.5. The zero-order valence-corrected chi connectivity index (χ0v) is 29.5. The van der Waals surface area contributed by atoms with Gasteiger partial charge in [0, 0.05) is 25.7 Å². The number of urea groups is 1. The second kappa shape index (κ2) is 11.6. The van der Waals surface area contributed by atoms with E-state index in [-0.39, 0.29) is 34.4 Å². The molecule has 0 spiro atoms. The van der Waals surface area contributed by atoms with E-state index in [2.05, 4.69) is 44.4 Å². The van der Waals surface area contributed by atoms with E-state index in [1.807, 2.05) is 12.1 Å². The van der Waals surface area contributed by atoms with Crippen molar-refractivity contribution in [3.63, 3.8) is 0 Å². The molecule has 8 unspecified atom stereocenters. The monoisotopic (exact) mass is 653 g/mol. The van der Waals surface area contributed by atoms with E-state index in [0.717, 1.165) is 37.7 Å². The summed E-state index contributed by atoms with van der Waals surface area (Å²) >= 11 is 0. The number of hydrogen-bond donors (Lipinski definition) is 3. The third-order valence-corrected chi connectivity index (χ3v) is 16.0. The number of hydrogen-bond acceptors (Lipinski definition) is 4. The standard InChI is InChI=1S/C37H55N3O5S/c1-24-27(25-9-11-26(12-10-25)32(41)42)15-18-34(2)28(24)16-19-36(4)31(34)14-13-29-30-8-7-17-37(30,21-20-35(29,36)3)39-33(43)38-22-23-40(5)46(6,44)45/h9-12,15,24,28-31H,7-8,13-14,16-23H2,1-6H3,(H,41,42)(H2,38,39,43)/t24?,28?,29?,30?,31?,34?,35-,36?,37?/m1/s1. The Kier molecular flexibility index (Phi) is 8.48. The van der Waals surface area contributed by atoms with Crippen LogP contribution in [0.15, 0.2) is 30.3 Å². The predicted molar refractivity (Wildman–Crippen MR) is 182 cm³/mol. The van der Waals surface area contributed by atoms with Crippen molar-refractivity contribution in [1.82, 2.24) is 14.9 Å². The summed E-state index contributed by atoms with van der Waals surface area (Å²) in [7, 11) is -1.73. The van der Waals surface area contributed by atoms with Gasteiger partial charge in [-0.15, -0.1) is 0 Å². The van der Waals surface area contributed by atoms with Gasteiger partial charge in [0.2, 0.25) is 10.0 Å². The van der Waals surface area contributed by atoms with E-state index in [0.29, 0.717) is 41.7 Å². The molecular weight excluding hydrogens is 598 g/mol. The summed E-state index contributed by atoms with van der Waals surface area (Å²) in [4.78, 5) is 24.6. The van der Waals surface area contributed by atoms with Crippen molar-refractivity contribution in [1.29, 1.82) is 0 Å². The number of sulfonamides is 1. The van der Waals surface area contributed by atoms with Crippen LogP contribution in [0.3, 0.4) is 0 Å². The molecule has 0 heterocycles. The molecule has 46 heavy (non-hydrogen) atoms. The van der Waals surface area contributed by atoms with Gasteiger partial charge in [-0.05, 0) is 127 Å². The smallest absolute Gasteiger partial charge is 0.335 e. The Morgan fingerprint density at radius 1 is 0.935 bits per heavy atom. The van der Waals surface area contributed by atoms with Gasteiger partial charge in [-0.1, -0.05) is 52.3 Å². The van der Waals surface area contributed by atoms with Crippen LogP contribution in [0.5, 0.6) is 0 Å². The quantitative estimate of drug-likeness (QED) is 0.300. The van der Waals surface area contributed by atoms with Gasteiger partial charge >= 0.3 is 12.0 Å². The molecule has 9 atom stereocenters. The number of allylic oxidation sites excluding steroid dienone is 2. The summed E-state index contributed by atoms with van der Waals surface area (Å²) in [5.74, 6) is 1.86. The van der Waals surface area contributed by atoms with Gasteiger partial charge in [0.15, 0.2) is 0 Å². The Morgan fingerprint density at radius 3 is 2.33 bits per heavy atom. The Hall–Kier alpha value is -2.39. The van der Waals surface area contributed by atoms with Crippen molar-refractivity contribution in [3.8, 4) is 0 Å². The Morgan fingerprint density at radius 2 is 1.65 bits per heavy atom. The fraction of sp³-hybridized carbons (Fsp3) is 0.730. The van der Waals surface area contributed by atoms with E-state index in [1.165, 1.54) is 55.3 Å². The van der Waals surface area contributed by atoms with Crippen LogP contribution in [-0.2, 0) is 10.0 Å². The average molecular weight is 654 g/mol. The van der Waals surface area contributed by atoms with Gasteiger partial charge < -0.3 is 15.7 Å². The lowest BCUT2D eigenvalue weighted by Crippen LogP contribution is -2.67. The van der Waals surface area contributed by atoms with Crippen molar-refractivity contribution >= 4 is 27.6 Å². The lowest BCUT2D eigenvalue weighted by Gasteiger charge is -2.71. The summed E-state index contributed by atoms with van der Waals surface area (Å²) in [5, 5.41) is 15.8. The number of carboxylic acid groups (broad SMARTS) is 1. The van der Waals surface area contributed by atoms with Crippen molar-refractivity contribution in [2.45, 2.75) is 97.4 Å². The molecule has 0 aromatic heterocycles. The largest absolute Gasteiger partial charge is 0.478 e. The van der Waals surface area contributed by atoms with Crippen LogP contribution in [0.2, 0.25) is 0 Å². The minimum absolute atomic E-state index is 0.165. The van der Waals surface area contributed by atoms with Gasteiger partial charge in [-0.3, -0.25) is 0 Å². The molecule has 6 rings (SSSR count). The van der Waals surface area contributed by atoms with Gasteiger partial charge in [0.1, 0.15) is 0 Å². The van der Waals surface area contributed by atoms with Crippen molar-refractivity contribution in [2.24, 2.45) is 45.8 Å². The highest BCUT2D eigenvalue weighted by Crippen LogP contribution is 2.75. The zero-order chi connectivity index (χ0) is 33.3. The topological polar surface area (TPSA) is 116 Å². The molecule has 8 nitrogen and oxygen atoms in total. The number of benzene rings is 1. The maximum Gasteiger partial charge on any atom is 0.335 e. The highest BCUT2D eigenvalue weighted by Gasteiger charge is 2.68. The molecule has 9 heteroatoms. The number of aromatic carboxylic acids is 1. The summed E-state index contributed by atoms with van der Waals surface area (Å²) in [5.41, 5.74) is 3.39. The Labute approximate surface area is 276 Å². The lowest BCUT2D eigenvalue weighted by atomic mass is 9.34. The third kappa shape index (κ3) is 5.22. The molecule has 0 saturated heterocycles. The zero-order valence-electron chi connectivity index (χ0n) is 28.7. The van der Waals surface area contributed by atoms with Gasteiger partial charge in [-0.25, -0.2) is 22.3 Å². The number of nitrogens with one attached hydrogen (secondary N) is 2. The number of rotatable bonds is 7. The number of amides is 2. The van der Waals surface area contributed by atoms with Gasteiger partial charge in [0.25, 0.3) is 0 Å². The number of carbonyl (C=O) groups is 2. The van der Waals surface area contributed by atoms with Crippen LogP contribution in [-0.4, -0.2) is 61.8 Å². The predicted octanol–water partition coefficient (Wildman–Crippen LogP) is 6.79. The highest BCUT2D eigenvalue weighted by molar-refractivity contribution is 7.88. The first-order valence-corrected chi connectivity index (χ1v) is 19.4.